The SMILES string of the molecule is Nc1cc([NH+]([O-])O)ccc1O. The molecule has 0 spiro atoms. The predicted molar refractivity (Wildman–Crippen MR) is 38.3 cm³/mol. The molecular weight excluding hydrogens is 148 g/mol. The van der Waals surface area contributed by atoms with Crippen molar-refractivity contribution in [1.82, 2.24) is 0 Å². The van der Waals surface area contributed by atoms with Crippen molar-refractivity contribution < 1.29 is 15.5 Å². The van der Waals surface area contributed by atoms with Crippen molar-refractivity contribution in [2.24, 2.45) is 0 Å². The number of rotatable bonds is 1. The minimum atomic E-state index is -1.06. The molecular formula is C6H8N2O3. The number of aromatic hydroxyl groups is 1. The molecule has 0 aliphatic carbocycles. The second-order valence-electron chi connectivity index (χ2n) is 2.08. The van der Waals surface area contributed by atoms with Crippen LogP contribution in [0.1, 0.15) is 0 Å². The Balaban J connectivity index is 3.05. The Morgan fingerprint density at radius 1 is 1.45 bits per heavy atom. The van der Waals surface area contributed by atoms with Crippen molar-refractivity contribution in [2.45, 2.75) is 0 Å². The molecule has 60 valence electrons. The molecule has 1 aromatic rings. The normalized spacial score (nSPS) is 12.9. The molecule has 11 heavy (non-hydrogen) atoms. The summed E-state index contributed by atoms with van der Waals surface area (Å²) in [5, 5.41) is 26.6. The average Bonchev–Trinajstić information content (AvgIpc) is 1.94. The van der Waals surface area contributed by atoms with Crippen molar-refractivity contribution in [2.75, 3.05) is 5.73 Å². The standard InChI is InChI=1S/C6H8N2O3/c7-5-3-4(8(10)11)1-2-6(5)9/h1-3,8-10H,7H2. The Morgan fingerprint density at radius 2 is 2.09 bits per heavy atom. The van der Waals surface area contributed by atoms with Gasteiger partial charge in [-0.05, 0) is 6.07 Å². The fourth-order valence-corrected chi connectivity index (χ4v) is 0.688. The molecule has 5 nitrogen and oxygen atoms in total. The van der Waals surface area contributed by atoms with Crippen molar-refractivity contribution >= 4 is 11.4 Å². The Hall–Kier alpha value is -1.30. The minimum absolute atomic E-state index is 0.0697. The summed E-state index contributed by atoms with van der Waals surface area (Å²) in [6.45, 7) is 0. The van der Waals surface area contributed by atoms with Gasteiger partial charge in [0.15, 0.2) is 5.69 Å². The number of phenols is 1. The van der Waals surface area contributed by atoms with Crippen LogP contribution in [0, 0.1) is 5.21 Å². The molecule has 0 aliphatic rings. The summed E-state index contributed by atoms with van der Waals surface area (Å²) in [5.74, 6) is -0.102. The average molecular weight is 156 g/mol. The Kier molecular flexibility index (Phi) is 1.95. The molecule has 0 aromatic heterocycles. The van der Waals surface area contributed by atoms with Crippen LogP contribution in [0.4, 0.5) is 11.4 Å². The number of quaternary nitrogens is 1. The zero-order valence-corrected chi connectivity index (χ0v) is 5.61. The third-order valence-corrected chi connectivity index (χ3v) is 1.27. The number of benzene rings is 1. The lowest BCUT2D eigenvalue weighted by Gasteiger charge is -2.11. The molecule has 0 heterocycles. The highest BCUT2D eigenvalue weighted by molar-refractivity contribution is 5.57. The molecule has 0 saturated heterocycles. The van der Waals surface area contributed by atoms with Crippen LogP contribution in [-0.4, -0.2) is 10.3 Å². The summed E-state index contributed by atoms with van der Waals surface area (Å²) >= 11 is 0. The molecule has 5 heteroatoms. The zero-order valence-electron chi connectivity index (χ0n) is 5.61. The number of anilines is 1. The second kappa shape index (κ2) is 2.75. The molecule has 0 bridgehead atoms. The van der Waals surface area contributed by atoms with Gasteiger partial charge in [0, 0.05) is 12.1 Å². The topological polar surface area (TPSA) is 94.0 Å². The van der Waals surface area contributed by atoms with Gasteiger partial charge in [-0.2, -0.15) is 5.23 Å². The van der Waals surface area contributed by atoms with Gasteiger partial charge in [-0.1, -0.05) is 0 Å². The fraction of sp³-hybridized carbons (Fsp3) is 0. The van der Waals surface area contributed by atoms with Crippen LogP contribution in [0.3, 0.4) is 0 Å². The highest BCUT2D eigenvalue weighted by atomic mass is 16.8. The molecule has 0 saturated carbocycles. The molecule has 1 atom stereocenters. The lowest BCUT2D eigenvalue weighted by molar-refractivity contribution is -0.991. The first-order valence-electron chi connectivity index (χ1n) is 2.93. The molecule has 5 N–H and O–H groups in total. The van der Waals surface area contributed by atoms with E-state index in [-0.39, 0.29) is 17.1 Å². The fourth-order valence-electron chi connectivity index (χ4n) is 0.688. The largest absolute Gasteiger partial charge is 0.595 e. The quantitative estimate of drug-likeness (QED) is 0.188. The summed E-state index contributed by atoms with van der Waals surface area (Å²) in [4.78, 5) is 0. The van der Waals surface area contributed by atoms with Gasteiger partial charge in [0.05, 0.1) is 5.69 Å². The van der Waals surface area contributed by atoms with Crippen molar-refractivity contribution in [3.05, 3.63) is 23.4 Å². The Labute approximate surface area is 62.8 Å². The van der Waals surface area contributed by atoms with Crippen molar-refractivity contribution in [3.63, 3.8) is 0 Å². The highest BCUT2D eigenvalue weighted by Gasteiger charge is 2.02. The van der Waals surface area contributed by atoms with Crippen molar-refractivity contribution in [3.8, 4) is 5.75 Å². The van der Waals surface area contributed by atoms with Gasteiger partial charge in [-0.3, -0.25) is 0 Å². The molecule has 1 aromatic carbocycles. The summed E-state index contributed by atoms with van der Waals surface area (Å²) in [6.07, 6.45) is 0. The van der Waals surface area contributed by atoms with E-state index in [4.69, 9.17) is 16.0 Å². The van der Waals surface area contributed by atoms with E-state index in [1.54, 1.807) is 0 Å². The lowest BCUT2D eigenvalue weighted by Crippen LogP contribution is -2.99. The number of phenolic OH excluding ortho intramolecular Hbond substituents is 1. The Morgan fingerprint density at radius 3 is 2.55 bits per heavy atom. The van der Waals surface area contributed by atoms with E-state index in [9.17, 15) is 5.21 Å². The maximum absolute atomic E-state index is 10.3. The van der Waals surface area contributed by atoms with Crippen LogP contribution in [0.15, 0.2) is 18.2 Å². The van der Waals surface area contributed by atoms with Gasteiger partial charge in [0.1, 0.15) is 5.75 Å². The predicted octanol–water partition coefficient (Wildman–Crippen LogP) is -0.622. The molecule has 0 aliphatic heterocycles. The van der Waals surface area contributed by atoms with E-state index < -0.39 is 5.23 Å². The molecule has 0 radical (unpaired) electrons. The molecule has 1 rings (SSSR count). The number of nitrogen functional groups attached to an aromatic ring is 1. The minimum Gasteiger partial charge on any atom is -0.595 e. The third kappa shape index (κ3) is 1.58. The van der Waals surface area contributed by atoms with Crippen LogP contribution in [0.25, 0.3) is 0 Å². The summed E-state index contributed by atoms with van der Waals surface area (Å²) in [7, 11) is 0. The van der Waals surface area contributed by atoms with E-state index in [2.05, 4.69) is 0 Å². The molecule has 1 unspecified atom stereocenters. The van der Waals surface area contributed by atoms with Gasteiger partial charge < -0.3 is 16.0 Å². The highest BCUT2D eigenvalue weighted by Crippen LogP contribution is 2.20. The second-order valence-corrected chi connectivity index (χ2v) is 2.08. The first-order chi connectivity index (χ1) is 5.11. The van der Waals surface area contributed by atoms with Gasteiger partial charge in [0.2, 0.25) is 0 Å². The van der Waals surface area contributed by atoms with E-state index in [0.717, 1.165) is 0 Å². The van der Waals surface area contributed by atoms with E-state index in [1.165, 1.54) is 18.2 Å². The summed E-state index contributed by atoms with van der Waals surface area (Å²) in [5.41, 5.74) is 5.39. The smallest absolute Gasteiger partial charge is 0.166 e. The van der Waals surface area contributed by atoms with Crippen LogP contribution >= 0.6 is 0 Å². The first kappa shape index (κ1) is 7.80. The van der Waals surface area contributed by atoms with Gasteiger partial charge >= 0.3 is 0 Å². The van der Waals surface area contributed by atoms with Crippen molar-refractivity contribution in [1.29, 1.82) is 0 Å². The van der Waals surface area contributed by atoms with Crippen LogP contribution in [0.5, 0.6) is 5.75 Å². The number of hydrogen-bond donors (Lipinski definition) is 4. The van der Waals surface area contributed by atoms with Crippen LogP contribution in [-0.2, 0) is 0 Å². The van der Waals surface area contributed by atoms with E-state index >= 15 is 0 Å². The lowest BCUT2D eigenvalue weighted by atomic mass is 10.2. The molecule has 0 fully saturated rings. The van der Waals surface area contributed by atoms with Crippen LogP contribution in [0.2, 0.25) is 0 Å². The Bertz CT molecular complexity index is 262. The zero-order chi connectivity index (χ0) is 8.43. The van der Waals surface area contributed by atoms with Gasteiger partial charge in [0.25, 0.3) is 0 Å². The first-order valence-corrected chi connectivity index (χ1v) is 2.93. The van der Waals surface area contributed by atoms with E-state index in [0.29, 0.717) is 0 Å². The monoisotopic (exact) mass is 156 g/mol. The van der Waals surface area contributed by atoms with Gasteiger partial charge in [-0.25, -0.2) is 5.21 Å². The number of nitrogens with two attached hydrogens (primary N) is 1. The number of nitrogens with one attached hydrogen (secondary N) is 1. The maximum Gasteiger partial charge on any atom is 0.166 e. The summed E-state index contributed by atoms with van der Waals surface area (Å²) in [6, 6.07) is 3.74. The van der Waals surface area contributed by atoms with Crippen LogP contribution < -0.4 is 11.0 Å². The molecule has 0 amide bonds. The summed E-state index contributed by atoms with van der Waals surface area (Å²) < 4.78 is 0. The maximum atomic E-state index is 10.3. The van der Waals surface area contributed by atoms with E-state index in [1.807, 2.05) is 0 Å². The van der Waals surface area contributed by atoms with Gasteiger partial charge in [-0.15, -0.1) is 0 Å². The third-order valence-electron chi connectivity index (χ3n) is 1.27. The number of hydrogen-bond acceptors (Lipinski definition) is 4.